The van der Waals surface area contributed by atoms with Gasteiger partial charge in [0.15, 0.2) is 0 Å². The highest BCUT2D eigenvalue weighted by molar-refractivity contribution is 5.94. The Morgan fingerprint density at radius 3 is 2.33 bits per heavy atom. The number of nitrogens with zero attached hydrogens (tertiary/aromatic N) is 1. The highest BCUT2D eigenvalue weighted by atomic mass is 19.1. The van der Waals surface area contributed by atoms with E-state index < -0.39 is 23.7 Å². The van der Waals surface area contributed by atoms with Crippen molar-refractivity contribution in [3.63, 3.8) is 0 Å². The largest absolute Gasteiger partial charge is 0.465 e. The van der Waals surface area contributed by atoms with Crippen LogP contribution in [-0.2, 0) is 4.79 Å². The van der Waals surface area contributed by atoms with Crippen molar-refractivity contribution in [1.82, 2.24) is 4.90 Å². The minimum absolute atomic E-state index is 0.0263. The third-order valence-electron chi connectivity index (χ3n) is 5.47. The van der Waals surface area contributed by atoms with Crippen LogP contribution in [0.1, 0.15) is 11.5 Å². The number of benzene rings is 3. The van der Waals surface area contributed by atoms with Gasteiger partial charge in [0.25, 0.3) is 0 Å². The molecule has 0 radical (unpaired) electrons. The number of carboxylic acid groups (broad SMARTS) is 1. The molecular weight excluding hydrogens is 383 g/mol. The van der Waals surface area contributed by atoms with Gasteiger partial charge in [-0.3, -0.25) is 4.79 Å². The Morgan fingerprint density at radius 1 is 0.900 bits per heavy atom. The Balaban J connectivity index is 1.58. The van der Waals surface area contributed by atoms with E-state index in [1.165, 1.54) is 11.0 Å². The zero-order valence-corrected chi connectivity index (χ0v) is 16.2. The molecule has 0 spiro atoms. The lowest BCUT2D eigenvalue weighted by Gasteiger charge is -2.19. The SMILES string of the molecule is O=C(Nc1cccc(-c2ccccc2)c1)[C@@H]1CN(C(=O)O)C[C@H]1c1ccccc1F. The quantitative estimate of drug-likeness (QED) is 0.655. The maximum Gasteiger partial charge on any atom is 0.407 e. The second kappa shape index (κ2) is 8.37. The molecule has 0 aliphatic carbocycles. The number of likely N-dealkylation sites (tertiary alicyclic amines) is 1. The van der Waals surface area contributed by atoms with Crippen molar-refractivity contribution in [2.45, 2.75) is 5.92 Å². The average molecular weight is 404 g/mol. The van der Waals surface area contributed by atoms with E-state index in [1.807, 2.05) is 48.5 Å². The van der Waals surface area contributed by atoms with Crippen molar-refractivity contribution in [2.75, 3.05) is 18.4 Å². The zero-order valence-electron chi connectivity index (χ0n) is 16.2. The summed E-state index contributed by atoms with van der Waals surface area (Å²) in [5, 5.41) is 12.3. The van der Waals surface area contributed by atoms with Crippen LogP contribution in [0.2, 0.25) is 0 Å². The molecule has 0 saturated carbocycles. The van der Waals surface area contributed by atoms with Gasteiger partial charge in [-0.15, -0.1) is 0 Å². The van der Waals surface area contributed by atoms with Crippen molar-refractivity contribution in [3.8, 4) is 11.1 Å². The second-order valence-corrected chi connectivity index (χ2v) is 7.36. The molecule has 2 N–H and O–H groups in total. The summed E-state index contributed by atoms with van der Waals surface area (Å²) >= 11 is 0. The van der Waals surface area contributed by atoms with Crippen LogP contribution in [-0.4, -0.2) is 35.1 Å². The van der Waals surface area contributed by atoms with Gasteiger partial charge in [0.05, 0.1) is 5.92 Å². The molecule has 1 aliphatic heterocycles. The summed E-state index contributed by atoms with van der Waals surface area (Å²) in [7, 11) is 0. The standard InChI is InChI=1S/C24H21FN2O3/c25-22-12-5-4-11-19(22)20-14-27(24(29)30)15-21(20)23(28)26-18-10-6-9-17(13-18)16-7-2-1-3-8-16/h1-13,20-21H,14-15H2,(H,26,28)(H,29,30)/t20-,21+/m0/s1. The number of carbonyl (C=O) groups excluding carboxylic acids is 1. The predicted octanol–water partition coefficient (Wildman–Crippen LogP) is 4.82. The van der Waals surface area contributed by atoms with Crippen LogP contribution in [0.15, 0.2) is 78.9 Å². The third-order valence-corrected chi connectivity index (χ3v) is 5.47. The van der Waals surface area contributed by atoms with E-state index in [9.17, 15) is 19.1 Å². The topological polar surface area (TPSA) is 69.6 Å². The molecule has 0 unspecified atom stereocenters. The fourth-order valence-corrected chi connectivity index (χ4v) is 3.96. The molecular formula is C24H21FN2O3. The van der Waals surface area contributed by atoms with E-state index in [4.69, 9.17) is 0 Å². The summed E-state index contributed by atoms with van der Waals surface area (Å²) in [5.41, 5.74) is 2.95. The lowest BCUT2D eigenvalue weighted by atomic mass is 9.88. The number of carbonyl (C=O) groups is 2. The van der Waals surface area contributed by atoms with Gasteiger partial charge < -0.3 is 15.3 Å². The van der Waals surface area contributed by atoms with Crippen LogP contribution in [0, 0.1) is 11.7 Å². The molecule has 4 rings (SSSR count). The summed E-state index contributed by atoms with van der Waals surface area (Å²) in [6.07, 6.45) is -1.11. The maximum absolute atomic E-state index is 14.4. The van der Waals surface area contributed by atoms with Crippen LogP contribution in [0.3, 0.4) is 0 Å². The summed E-state index contributed by atoms with van der Waals surface area (Å²) in [4.78, 5) is 25.7. The number of hydrogen-bond acceptors (Lipinski definition) is 2. The fourth-order valence-electron chi connectivity index (χ4n) is 3.96. The first-order valence-electron chi connectivity index (χ1n) is 9.71. The van der Waals surface area contributed by atoms with Crippen molar-refractivity contribution >= 4 is 17.7 Å². The molecule has 152 valence electrons. The number of hydrogen-bond donors (Lipinski definition) is 2. The van der Waals surface area contributed by atoms with Crippen LogP contribution >= 0.6 is 0 Å². The molecule has 3 aromatic carbocycles. The number of nitrogens with one attached hydrogen (secondary N) is 1. The van der Waals surface area contributed by atoms with Crippen LogP contribution in [0.4, 0.5) is 14.9 Å². The van der Waals surface area contributed by atoms with Gasteiger partial charge in [-0.2, -0.15) is 0 Å². The Kier molecular flexibility index (Phi) is 5.48. The minimum atomic E-state index is -1.11. The van der Waals surface area contributed by atoms with Gasteiger partial charge in [-0.05, 0) is 34.9 Å². The molecule has 6 heteroatoms. The predicted molar refractivity (Wildman–Crippen MR) is 113 cm³/mol. The molecule has 1 heterocycles. The van der Waals surface area contributed by atoms with E-state index in [2.05, 4.69) is 5.32 Å². The summed E-state index contributed by atoms with van der Waals surface area (Å²) < 4.78 is 14.4. The second-order valence-electron chi connectivity index (χ2n) is 7.36. The monoisotopic (exact) mass is 404 g/mol. The van der Waals surface area contributed by atoms with Crippen LogP contribution in [0.25, 0.3) is 11.1 Å². The van der Waals surface area contributed by atoms with Gasteiger partial charge >= 0.3 is 6.09 Å². The summed E-state index contributed by atoms with van der Waals surface area (Å²) in [6, 6.07) is 23.5. The zero-order chi connectivity index (χ0) is 21.1. The van der Waals surface area contributed by atoms with Crippen molar-refractivity contribution in [2.24, 2.45) is 5.92 Å². The van der Waals surface area contributed by atoms with Crippen molar-refractivity contribution in [3.05, 3.63) is 90.2 Å². The average Bonchev–Trinajstić information content (AvgIpc) is 3.21. The molecule has 1 saturated heterocycles. The Labute approximate surface area is 173 Å². The van der Waals surface area contributed by atoms with Crippen molar-refractivity contribution in [1.29, 1.82) is 0 Å². The Bertz CT molecular complexity index is 1070. The Hall–Kier alpha value is -3.67. The molecule has 1 aliphatic rings. The van der Waals surface area contributed by atoms with E-state index in [0.29, 0.717) is 11.3 Å². The first kappa shape index (κ1) is 19.6. The van der Waals surface area contributed by atoms with Gasteiger partial charge in [-0.1, -0.05) is 60.7 Å². The molecule has 1 fully saturated rings. The smallest absolute Gasteiger partial charge is 0.407 e. The fraction of sp³-hybridized carbons (Fsp3) is 0.167. The molecule has 0 aromatic heterocycles. The van der Waals surface area contributed by atoms with E-state index in [-0.39, 0.29) is 19.0 Å². The highest BCUT2D eigenvalue weighted by Gasteiger charge is 2.41. The van der Waals surface area contributed by atoms with Gasteiger partial charge in [0, 0.05) is 24.7 Å². The van der Waals surface area contributed by atoms with Crippen molar-refractivity contribution < 1.29 is 19.1 Å². The number of anilines is 1. The van der Waals surface area contributed by atoms with Crippen LogP contribution in [0.5, 0.6) is 0 Å². The van der Waals surface area contributed by atoms with E-state index in [1.54, 1.807) is 24.3 Å². The number of amides is 2. The lowest BCUT2D eigenvalue weighted by molar-refractivity contribution is -0.119. The summed E-state index contributed by atoms with van der Waals surface area (Å²) in [5.74, 6) is -1.98. The van der Waals surface area contributed by atoms with E-state index >= 15 is 0 Å². The summed E-state index contributed by atoms with van der Waals surface area (Å²) in [6.45, 7) is 0.108. The number of halogens is 1. The molecule has 3 aromatic rings. The molecule has 2 atom stereocenters. The number of rotatable bonds is 4. The normalized spacial score (nSPS) is 18.2. The van der Waals surface area contributed by atoms with Gasteiger partial charge in [-0.25, -0.2) is 9.18 Å². The Morgan fingerprint density at radius 2 is 1.60 bits per heavy atom. The van der Waals surface area contributed by atoms with Gasteiger partial charge in [0.2, 0.25) is 5.91 Å². The lowest BCUT2D eigenvalue weighted by Crippen LogP contribution is -2.30. The molecule has 0 bridgehead atoms. The molecule has 30 heavy (non-hydrogen) atoms. The molecule has 5 nitrogen and oxygen atoms in total. The first-order valence-corrected chi connectivity index (χ1v) is 9.71. The minimum Gasteiger partial charge on any atom is -0.465 e. The third kappa shape index (κ3) is 4.03. The molecule has 2 amide bonds. The van der Waals surface area contributed by atoms with Gasteiger partial charge in [0.1, 0.15) is 5.82 Å². The maximum atomic E-state index is 14.4. The first-order chi connectivity index (χ1) is 14.5. The van der Waals surface area contributed by atoms with Crippen LogP contribution < -0.4 is 5.32 Å². The van der Waals surface area contributed by atoms with E-state index in [0.717, 1.165) is 11.1 Å². The highest BCUT2D eigenvalue weighted by Crippen LogP contribution is 2.35.